The highest BCUT2D eigenvalue weighted by atomic mass is 79.9. The molecule has 4 nitrogen and oxygen atoms in total. The third kappa shape index (κ3) is 9.26. The molecule has 0 atom stereocenters. The third-order valence-electron chi connectivity index (χ3n) is 5.53. The lowest BCUT2D eigenvalue weighted by molar-refractivity contribution is 0.291. The van der Waals surface area contributed by atoms with Crippen LogP contribution in [0.4, 0.5) is 0 Å². The van der Waals surface area contributed by atoms with Crippen molar-refractivity contribution in [1.82, 2.24) is 0 Å². The summed E-state index contributed by atoms with van der Waals surface area (Å²) in [7, 11) is 1.68. The second-order valence-corrected chi connectivity index (χ2v) is 15.3. The zero-order chi connectivity index (χ0) is 23.7. The lowest BCUT2D eigenvalue weighted by Gasteiger charge is -2.36. The molecule has 2 aromatic carbocycles. The molecule has 0 fully saturated rings. The Bertz CT molecular complexity index is 820. The van der Waals surface area contributed by atoms with Crippen molar-refractivity contribution in [3.8, 4) is 11.5 Å². The van der Waals surface area contributed by atoms with Gasteiger partial charge in [0, 0.05) is 22.2 Å². The zero-order valence-corrected chi connectivity index (χ0v) is 23.9. The minimum absolute atomic E-state index is 0.158. The SMILES string of the molecule is COc1ccc(Br)c(CCO)c1.COc1ccc(Br)c(CCO[Si](C)(C)C(C)(C)C)c1. The number of aliphatic hydroxyl groups excluding tert-OH is 1. The van der Waals surface area contributed by atoms with E-state index in [4.69, 9.17) is 19.0 Å². The Morgan fingerprint density at radius 3 is 1.68 bits per heavy atom. The molecule has 2 rings (SSSR count). The number of methoxy groups -OCH3 is 2. The summed E-state index contributed by atoms with van der Waals surface area (Å²) in [4.78, 5) is 0. The highest BCUT2D eigenvalue weighted by Gasteiger charge is 2.36. The number of hydrogen-bond donors (Lipinski definition) is 1. The van der Waals surface area contributed by atoms with Crippen LogP contribution in [0.5, 0.6) is 11.5 Å². The first-order chi connectivity index (χ1) is 14.4. The van der Waals surface area contributed by atoms with Gasteiger partial charge in [-0.1, -0.05) is 52.6 Å². The minimum atomic E-state index is -1.64. The van der Waals surface area contributed by atoms with Gasteiger partial charge in [-0.2, -0.15) is 0 Å². The van der Waals surface area contributed by atoms with Crippen LogP contribution in [-0.4, -0.2) is 40.9 Å². The van der Waals surface area contributed by atoms with Crippen LogP contribution in [0.25, 0.3) is 0 Å². The monoisotopic (exact) mass is 574 g/mol. The normalized spacial score (nSPS) is 11.5. The zero-order valence-electron chi connectivity index (χ0n) is 19.7. The molecule has 0 heterocycles. The standard InChI is InChI=1S/C15H25BrO2Si.C9H11BrO2/c1-15(2,3)19(5,6)18-10-9-12-11-13(17-4)7-8-14(12)16;1-12-8-2-3-9(10)7(6-8)4-5-11/h7-8,11H,9-10H2,1-6H3;2-3,6,11H,4-5H2,1H3. The number of ether oxygens (including phenoxy) is 2. The van der Waals surface area contributed by atoms with Crippen LogP contribution in [0, 0.1) is 0 Å². The molecule has 2 aromatic rings. The van der Waals surface area contributed by atoms with Crippen molar-refractivity contribution in [1.29, 1.82) is 0 Å². The van der Waals surface area contributed by atoms with E-state index in [1.807, 2.05) is 30.3 Å². The van der Waals surface area contributed by atoms with E-state index in [0.29, 0.717) is 6.42 Å². The fourth-order valence-electron chi connectivity index (χ4n) is 2.49. The number of rotatable bonds is 8. The molecule has 0 spiro atoms. The van der Waals surface area contributed by atoms with E-state index in [1.165, 1.54) is 5.56 Å². The van der Waals surface area contributed by atoms with Crippen LogP contribution in [0.3, 0.4) is 0 Å². The summed E-state index contributed by atoms with van der Waals surface area (Å²) < 4.78 is 18.6. The molecule has 7 heteroatoms. The second-order valence-electron chi connectivity index (χ2n) is 8.75. The van der Waals surface area contributed by atoms with Gasteiger partial charge in [0.15, 0.2) is 8.32 Å². The van der Waals surface area contributed by atoms with Gasteiger partial charge in [0.1, 0.15) is 11.5 Å². The Labute approximate surface area is 205 Å². The van der Waals surface area contributed by atoms with Gasteiger partial charge in [0.25, 0.3) is 0 Å². The van der Waals surface area contributed by atoms with E-state index in [2.05, 4.69) is 71.8 Å². The molecule has 0 aromatic heterocycles. The molecular formula is C24H36Br2O4Si. The molecule has 0 unspecified atom stereocenters. The molecule has 174 valence electrons. The predicted octanol–water partition coefficient (Wildman–Crippen LogP) is 7.01. The van der Waals surface area contributed by atoms with Crippen LogP contribution in [0.15, 0.2) is 45.3 Å². The van der Waals surface area contributed by atoms with Gasteiger partial charge in [0.05, 0.1) is 14.2 Å². The van der Waals surface area contributed by atoms with E-state index >= 15 is 0 Å². The maximum atomic E-state index is 8.75. The molecule has 0 aliphatic heterocycles. The average molecular weight is 576 g/mol. The first-order valence-electron chi connectivity index (χ1n) is 10.3. The van der Waals surface area contributed by atoms with Gasteiger partial charge >= 0.3 is 0 Å². The molecular weight excluding hydrogens is 540 g/mol. The van der Waals surface area contributed by atoms with E-state index in [9.17, 15) is 0 Å². The first-order valence-corrected chi connectivity index (χ1v) is 14.8. The smallest absolute Gasteiger partial charge is 0.191 e. The van der Waals surface area contributed by atoms with Crippen LogP contribution in [-0.2, 0) is 17.3 Å². The van der Waals surface area contributed by atoms with Crippen LogP contribution in [0.1, 0.15) is 31.9 Å². The van der Waals surface area contributed by atoms with Gasteiger partial charge in [-0.15, -0.1) is 0 Å². The lowest BCUT2D eigenvalue weighted by atomic mass is 10.1. The van der Waals surface area contributed by atoms with Crippen molar-refractivity contribution in [3.05, 3.63) is 56.5 Å². The Morgan fingerprint density at radius 2 is 1.29 bits per heavy atom. The number of hydrogen-bond acceptors (Lipinski definition) is 4. The van der Waals surface area contributed by atoms with Crippen molar-refractivity contribution in [2.75, 3.05) is 27.4 Å². The highest BCUT2D eigenvalue weighted by Crippen LogP contribution is 2.36. The van der Waals surface area contributed by atoms with Crippen LogP contribution < -0.4 is 9.47 Å². The quantitative estimate of drug-likeness (QED) is 0.344. The Balaban J connectivity index is 0.000000343. The molecule has 1 N–H and O–H groups in total. The fourth-order valence-corrected chi connectivity index (χ4v) is 4.43. The predicted molar refractivity (Wildman–Crippen MR) is 139 cm³/mol. The van der Waals surface area contributed by atoms with E-state index in [-0.39, 0.29) is 11.6 Å². The largest absolute Gasteiger partial charge is 0.497 e. The first kappa shape index (κ1) is 28.2. The molecule has 0 radical (unpaired) electrons. The summed E-state index contributed by atoms with van der Waals surface area (Å²) in [6.07, 6.45) is 1.56. The summed E-state index contributed by atoms with van der Waals surface area (Å²) in [5.74, 6) is 1.71. The summed E-state index contributed by atoms with van der Waals surface area (Å²) in [5.41, 5.74) is 2.30. The van der Waals surface area contributed by atoms with Crippen LogP contribution >= 0.6 is 31.9 Å². The van der Waals surface area contributed by atoms with Crippen molar-refractivity contribution < 1.29 is 19.0 Å². The van der Waals surface area contributed by atoms with Gasteiger partial charge in [-0.25, -0.2) is 0 Å². The van der Waals surface area contributed by atoms with Gasteiger partial charge in [-0.05, 0) is 78.5 Å². The number of aliphatic hydroxyl groups is 1. The topological polar surface area (TPSA) is 47.9 Å². The average Bonchev–Trinajstić information content (AvgIpc) is 2.71. The van der Waals surface area contributed by atoms with Crippen molar-refractivity contribution in [3.63, 3.8) is 0 Å². The summed E-state index contributed by atoms with van der Waals surface area (Å²) >= 11 is 6.97. The fraction of sp³-hybridized carbons (Fsp3) is 0.500. The third-order valence-corrected chi connectivity index (χ3v) is 11.6. The van der Waals surface area contributed by atoms with E-state index in [1.54, 1.807) is 14.2 Å². The highest BCUT2D eigenvalue weighted by molar-refractivity contribution is 9.10. The lowest BCUT2D eigenvalue weighted by Crippen LogP contribution is -2.41. The maximum Gasteiger partial charge on any atom is 0.191 e. The molecule has 0 aliphatic carbocycles. The summed E-state index contributed by atoms with van der Waals surface area (Å²) in [5, 5.41) is 9.01. The summed E-state index contributed by atoms with van der Waals surface area (Å²) in [6.45, 7) is 12.3. The van der Waals surface area contributed by atoms with Gasteiger partial charge in [0.2, 0.25) is 0 Å². The van der Waals surface area contributed by atoms with Crippen molar-refractivity contribution >= 4 is 40.2 Å². The van der Waals surface area contributed by atoms with Crippen molar-refractivity contribution in [2.45, 2.75) is 51.7 Å². The molecule has 31 heavy (non-hydrogen) atoms. The Hall–Kier alpha value is -0.863. The van der Waals surface area contributed by atoms with E-state index in [0.717, 1.165) is 39.0 Å². The molecule has 0 bridgehead atoms. The maximum absolute atomic E-state index is 8.75. The Morgan fingerprint density at radius 1 is 0.839 bits per heavy atom. The van der Waals surface area contributed by atoms with Gasteiger partial charge in [-0.3, -0.25) is 0 Å². The number of halogens is 2. The van der Waals surface area contributed by atoms with Crippen molar-refractivity contribution in [2.24, 2.45) is 0 Å². The molecule has 0 saturated heterocycles. The second kappa shape index (κ2) is 13.0. The molecule has 0 saturated carbocycles. The summed E-state index contributed by atoms with van der Waals surface area (Å²) in [6, 6.07) is 11.8. The van der Waals surface area contributed by atoms with Crippen LogP contribution in [0.2, 0.25) is 18.1 Å². The molecule has 0 amide bonds. The Kier molecular flexibility index (Phi) is 11.8. The van der Waals surface area contributed by atoms with Gasteiger partial charge < -0.3 is 19.0 Å². The number of benzene rings is 2. The molecule has 0 aliphatic rings. The van der Waals surface area contributed by atoms with E-state index < -0.39 is 8.32 Å². The minimum Gasteiger partial charge on any atom is -0.497 e.